The summed E-state index contributed by atoms with van der Waals surface area (Å²) in [6, 6.07) is 2.00. The number of hydrogen-bond acceptors (Lipinski definition) is 7. The molecule has 0 atom stereocenters. The van der Waals surface area contributed by atoms with Crippen molar-refractivity contribution in [3.63, 3.8) is 0 Å². The molecule has 0 amide bonds. The van der Waals surface area contributed by atoms with E-state index in [0.717, 1.165) is 19.1 Å². The third kappa shape index (κ3) is 3.89. The van der Waals surface area contributed by atoms with Gasteiger partial charge in [0.05, 0.1) is 11.8 Å². The first-order valence-electron chi connectivity index (χ1n) is 6.67. The number of hydrogen-bond donors (Lipinski definition) is 2. The molecule has 0 unspecified atom stereocenters. The van der Waals surface area contributed by atoms with Gasteiger partial charge in [0, 0.05) is 12.3 Å². The lowest BCUT2D eigenvalue weighted by Crippen LogP contribution is -2.36. The molecule has 2 rings (SSSR count). The molecule has 1 aromatic heterocycles. The third-order valence-corrected chi connectivity index (χ3v) is 4.48. The summed E-state index contributed by atoms with van der Waals surface area (Å²) < 4.78 is 23.0. The number of nitrogens with one attached hydrogen (secondary N) is 1. The monoisotopic (exact) mass is 310 g/mol. The molecule has 8 heteroatoms. The lowest BCUT2D eigenvalue weighted by molar-refractivity contribution is 0.0196. The molecule has 1 aliphatic rings. The van der Waals surface area contributed by atoms with Crippen LogP contribution >= 0.6 is 0 Å². The quantitative estimate of drug-likeness (QED) is 0.795. The fourth-order valence-electron chi connectivity index (χ4n) is 2.31. The summed E-state index contributed by atoms with van der Waals surface area (Å²) in [6.45, 7) is 1.80. The number of aliphatic hydroxyl groups is 1. The Hall–Kier alpha value is -1.72. The van der Waals surface area contributed by atoms with E-state index < -0.39 is 15.4 Å². The number of anilines is 1. The molecule has 7 nitrogen and oxygen atoms in total. The van der Waals surface area contributed by atoms with E-state index in [1.807, 2.05) is 6.07 Å². The van der Waals surface area contributed by atoms with Crippen LogP contribution in [0.25, 0.3) is 0 Å². The highest BCUT2D eigenvalue weighted by atomic mass is 32.2. The topological polar surface area (TPSA) is 116 Å². The Morgan fingerprint density at radius 2 is 2.10 bits per heavy atom. The van der Waals surface area contributed by atoms with Gasteiger partial charge in [-0.25, -0.2) is 13.4 Å². The predicted molar refractivity (Wildman–Crippen MR) is 76.4 cm³/mol. The van der Waals surface area contributed by atoms with Crippen molar-refractivity contribution in [2.75, 3.05) is 11.6 Å². The molecule has 21 heavy (non-hydrogen) atoms. The molecule has 1 aliphatic carbocycles. The van der Waals surface area contributed by atoms with E-state index >= 15 is 0 Å². The lowest BCUT2D eigenvalue weighted by Gasteiger charge is -2.33. The van der Waals surface area contributed by atoms with Crippen LogP contribution in [0.15, 0.2) is 11.4 Å². The second-order valence-corrected chi connectivity index (χ2v) is 7.62. The van der Waals surface area contributed by atoms with Gasteiger partial charge in [-0.3, -0.25) is 0 Å². The zero-order valence-electron chi connectivity index (χ0n) is 12.0. The van der Waals surface area contributed by atoms with Crippen molar-refractivity contribution in [1.29, 1.82) is 5.26 Å². The first-order chi connectivity index (χ1) is 9.71. The van der Waals surface area contributed by atoms with Crippen molar-refractivity contribution in [1.82, 2.24) is 9.97 Å². The zero-order chi connectivity index (χ0) is 15.7. The molecule has 2 N–H and O–H groups in total. The van der Waals surface area contributed by atoms with Crippen molar-refractivity contribution in [3.8, 4) is 6.07 Å². The number of rotatable bonds is 3. The van der Waals surface area contributed by atoms with Gasteiger partial charge in [-0.1, -0.05) is 0 Å². The summed E-state index contributed by atoms with van der Waals surface area (Å²) in [5.41, 5.74) is -0.445. The van der Waals surface area contributed by atoms with E-state index in [-0.39, 0.29) is 22.6 Å². The lowest BCUT2D eigenvalue weighted by atomic mass is 9.83. The number of nitriles is 1. The van der Waals surface area contributed by atoms with Crippen LogP contribution in [-0.4, -0.2) is 41.4 Å². The largest absolute Gasteiger partial charge is 0.390 e. The highest BCUT2D eigenvalue weighted by Gasteiger charge is 2.29. The Balaban J connectivity index is 2.21. The van der Waals surface area contributed by atoms with Crippen molar-refractivity contribution in [2.45, 2.75) is 49.4 Å². The summed E-state index contributed by atoms with van der Waals surface area (Å²) in [5, 5.41) is 21.8. The highest BCUT2D eigenvalue weighted by molar-refractivity contribution is 7.90. The first-order valence-corrected chi connectivity index (χ1v) is 8.56. The normalized spacial score (nSPS) is 26.1. The van der Waals surface area contributed by atoms with Gasteiger partial charge in [-0.2, -0.15) is 10.2 Å². The van der Waals surface area contributed by atoms with Crippen molar-refractivity contribution in [3.05, 3.63) is 11.8 Å². The van der Waals surface area contributed by atoms with E-state index in [4.69, 9.17) is 5.26 Å². The highest BCUT2D eigenvalue weighted by Crippen LogP contribution is 2.29. The minimum Gasteiger partial charge on any atom is -0.390 e. The zero-order valence-corrected chi connectivity index (χ0v) is 12.8. The summed E-state index contributed by atoms with van der Waals surface area (Å²) in [7, 11) is -3.52. The number of sulfone groups is 1. The van der Waals surface area contributed by atoms with Gasteiger partial charge < -0.3 is 10.4 Å². The maximum absolute atomic E-state index is 11.5. The van der Waals surface area contributed by atoms with E-state index in [2.05, 4.69) is 15.3 Å². The molecule has 1 aromatic rings. The Morgan fingerprint density at radius 1 is 1.48 bits per heavy atom. The van der Waals surface area contributed by atoms with Crippen LogP contribution in [0.3, 0.4) is 0 Å². The minimum atomic E-state index is -3.52. The summed E-state index contributed by atoms with van der Waals surface area (Å²) in [5.74, 6) is 0.236. The maximum atomic E-state index is 11.5. The molecule has 0 saturated heterocycles. The van der Waals surface area contributed by atoms with Crippen LogP contribution in [0.4, 0.5) is 5.82 Å². The molecule has 1 saturated carbocycles. The Bertz CT molecular complexity index is 669. The second kappa shape index (κ2) is 5.58. The van der Waals surface area contributed by atoms with Gasteiger partial charge in [-0.05, 0) is 32.6 Å². The minimum absolute atomic E-state index is 0.0552. The molecule has 0 aromatic carbocycles. The molecule has 1 fully saturated rings. The SMILES string of the molecule is CC1(O)CCC(Nc2nc(S(C)(=O)=O)ncc2C#N)CC1. The van der Waals surface area contributed by atoms with Crippen molar-refractivity contribution < 1.29 is 13.5 Å². The van der Waals surface area contributed by atoms with Gasteiger partial charge in [0.1, 0.15) is 17.5 Å². The standard InChI is InChI=1S/C13H18N4O3S/c1-13(18)5-3-10(4-6-13)16-11-9(7-14)8-15-12(17-11)21(2,19)20/h8,10,18H,3-6H2,1-2H3,(H,15,16,17). The van der Waals surface area contributed by atoms with Gasteiger partial charge in [0.2, 0.25) is 15.0 Å². The molecule has 0 bridgehead atoms. The van der Waals surface area contributed by atoms with Gasteiger partial charge in [-0.15, -0.1) is 0 Å². The van der Waals surface area contributed by atoms with E-state index in [9.17, 15) is 13.5 Å². The number of aromatic nitrogens is 2. The van der Waals surface area contributed by atoms with Gasteiger partial charge >= 0.3 is 0 Å². The fourth-order valence-corrected chi connectivity index (χ4v) is 2.81. The average Bonchev–Trinajstić information content (AvgIpc) is 2.40. The summed E-state index contributed by atoms with van der Waals surface area (Å²) in [6.07, 6.45) is 5.00. The summed E-state index contributed by atoms with van der Waals surface area (Å²) >= 11 is 0. The molecule has 1 heterocycles. The fraction of sp³-hybridized carbons (Fsp3) is 0.615. The third-order valence-electron chi connectivity index (χ3n) is 3.62. The van der Waals surface area contributed by atoms with Crippen LogP contribution in [0, 0.1) is 11.3 Å². The smallest absolute Gasteiger partial charge is 0.248 e. The second-order valence-electron chi connectivity index (χ2n) is 5.71. The molecule has 0 spiro atoms. The van der Waals surface area contributed by atoms with E-state index in [0.29, 0.717) is 12.8 Å². The van der Waals surface area contributed by atoms with Gasteiger partial charge in [0.15, 0.2) is 0 Å². The molecule has 0 aliphatic heterocycles. The van der Waals surface area contributed by atoms with Crippen molar-refractivity contribution >= 4 is 15.7 Å². The Labute approximate surface area is 124 Å². The van der Waals surface area contributed by atoms with Crippen LogP contribution < -0.4 is 5.32 Å². The van der Waals surface area contributed by atoms with Crippen LogP contribution in [0.1, 0.15) is 38.2 Å². The first kappa shape index (κ1) is 15.7. The Morgan fingerprint density at radius 3 is 2.62 bits per heavy atom. The molecule has 0 radical (unpaired) electrons. The average molecular weight is 310 g/mol. The van der Waals surface area contributed by atoms with E-state index in [1.165, 1.54) is 6.20 Å². The van der Waals surface area contributed by atoms with E-state index in [1.54, 1.807) is 6.92 Å². The van der Waals surface area contributed by atoms with Crippen LogP contribution in [0.2, 0.25) is 0 Å². The molecular weight excluding hydrogens is 292 g/mol. The van der Waals surface area contributed by atoms with Crippen LogP contribution in [0.5, 0.6) is 0 Å². The summed E-state index contributed by atoms with van der Waals surface area (Å²) in [4.78, 5) is 7.65. The Kier molecular flexibility index (Phi) is 4.16. The molecule has 114 valence electrons. The molecular formula is C13H18N4O3S. The maximum Gasteiger partial charge on any atom is 0.248 e. The number of nitrogens with zero attached hydrogens (tertiary/aromatic N) is 3. The van der Waals surface area contributed by atoms with Gasteiger partial charge in [0.25, 0.3) is 0 Å². The predicted octanol–water partition coefficient (Wildman–Crippen LogP) is 0.857. The van der Waals surface area contributed by atoms with Crippen LogP contribution in [-0.2, 0) is 9.84 Å². The van der Waals surface area contributed by atoms with Crippen molar-refractivity contribution in [2.24, 2.45) is 0 Å².